The standard InChI is InChI=1S/C23H30N4O2/c1-4-17(2)24-22(28)18-6-5-7-19(16-18)23(29)25-20-8-10-21(11-9-20)27-14-12-26(3)13-15-27/h5-11,16-17H,4,12-15H2,1-3H3,(H,24,28)(H,25,29). The fourth-order valence-electron chi connectivity index (χ4n) is 3.23. The summed E-state index contributed by atoms with van der Waals surface area (Å²) < 4.78 is 0. The van der Waals surface area contributed by atoms with Crippen molar-refractivity contribution in [2.45, 2.75) is 26.3 Å². The Labute approximate surface area is 172 Å². The van der Waals surface area contributed by atoms with Crippen molar-refractivity contribution < 1.29 is 9.59 Å². The molecule has 0 saturated carbocycles. The molecule has 1 aliphatic heterocycles. The van der Waals surface area contributed by atoms with Crippen molar-refractivity contribution in [3.05, 3.63) is 59.7 Å². The molecule has 2 N–H and O–H groups in total. The van der Waals surface area contributed by atoms with Crippen LogP contribution >= 0.6 is 0 Å². The molecule has 6 heteroatoms. The lowest BCUT2D eigenvalue weighted by molar-refractivity contribution is 0.0939. The minimum atomic E-state index is -0.226. The molecule has 154 valence electrons. The molecule has 0 aliphatic carbocycles. The number of nitrogens with one attached hydrogen (secondary N) is 2. The summed E-state index contributed by atoms with van der Waals surface area (Å²) in [4.78, 5) is 29.6. The molecule has 2 amide bonds. The van der Waals surface area contributed by atoms with Gasteiger partial charge in [-0.05, 0) is 62.9 Å². The zero-order chi connectivity index (χ0) is 20.8. The van der Waals surface area contributed by atoms with Crippen LogP contribution in [0.25, 0.3) is 0 Å². The summed E-state index contributed by atoms with van der Waals surface area (Å²) in [6.45, 7) is 8.10. The SMILES string of the molecule is CCC(C)NC(=O)c1cccc(C(=O)Nc2ccc(N3CCN(C)CC3)cc2)c1. The lowest BCUT2D eigenvalue weighted by atomic mass is 10.1. The maximum Gasteiger partial charge on any atom is 0.255 e. The van der Waals surface area contributed by atoms with E-state index in [9.17, 15) is 9.59 Å². The molecule has 0 spiro atoms. The van der Waals surface area contributed by atoms with E-state index in [0.717, 1.165) is 38.3 Å². The van der Waals surface area contributed by atoms with Gasteiger partial charge in [0.25, 0.3) is 11.8 Å². The molecule has 0 radical (unpaired) electrons. The van der Waals surface area contributed by atoms with Gasteiger partial charge in [0.1, 0.15) is 0 Å². The zero-order valence-electron chi connectivity index (χ0n) is 17.4. The molecule has 1 heterocycles. The van der Waals surface area contributed by atoms with Gasteiger partial charge >= 0.3 is 0 Å². The van der Waals surface area contributed by atoms with Gasteiger partial charge in [0, 0.05) is 54.7 Å². The lowest BCUT2D eigenvalue weighted by Gasteiger charge is -2.34. The van der Waals surface area contributed by atoms with Gasteiger partial charge in [0.05, 0.1) is 0 Å². The maximum absolute atomic E-state index is 12.6. The molecule has 1 saturated heterocycles. The van der Waals surface area contributed by atoms with Gasteiger partial charge in [-0.25, -0.2) is 0 Å². The van der Waals surface area contributed by atoms with Crippen LogP contribution in [-0.2, 0) is 0 Å². The Morgan fingerprint density at radius 2 is 1.59 bits per heavy atom. The molecular weight excluding hydrogens is 364 g/mol. The van der Waals surface area contributed by atoms with Crippen LogP contribution < -0.4 is 15.5 Å². The van der Waals surface area contributed by atoms with Gasteiger partial charge in [-0.3, -0.25) is 9.59 Å². The average molecular weight is 395 g/mol. The van der Waals surface area contributed by atoms with Gasteiger partial charge in [-0.2, -0.15) is 0 Å². The summed E-state index contributed by atoms with van der Waals surface area (Å²) in [7, 11) is 2.14. The van der Waals surface area contributed by atoms with E-state index in [1.54, 1.807) is 24.3 Å². The van der Waals surface area contributed by atoms with Crippen molar-refractivity contribution in [1.29, 1.82) is 0 Å². The van der Waals surface area contributed by atoms with Crippen molar-refractivity contribution in [3.8, 4) is 0 Å². The van der Waals surface area contributed by atoms with Gasteiger partial charge in [0.15, 0.2) is 0 Å². The first-order chi connectivity index (χ1) is 14.0. The Kier molecular flexibility index (Phi) is 6.88. The van der Waals surface area contributed by atoms with Crippen LogP contribution in [0.5, 0.6) is 0 Å². The largest absolute Gasteiger partial charge is 0.369 e. The van der Waals surface area contributed by atoms with Crippen LogP contribution in [0.4, 0.5) is 11.4 Å². The monoisotopic (exact) mass is 394 g/mol. The van der Waals surface area contributed by atoms with Crippen molar-refractivity contribution in [2.75, 3.05) is 43.4 Å². The number of carbonyl (C=O) groups is 2. The fourth-order valence-corrected chi connectivity index (χ4v) is 3.23. The summed E-state index contributed by atoms with van der Waals surface area (Å²) in [5.74, 6) is -0.388. The number of amides is 2. The average Bonchev–Trinajstić information content (AvgIpc) is 2.75. The summed E-state index contributed by atoms with van der Waals surface area (Å²) in [6, 6.07) is 14.8. The van der Waals surface area contributed by atoms with Gasteiger partial charge in [-0.15, -0.1) is 0 Å². The summed E-state index contributed by atoms with van der Waals surface area (Å²) in [5.41, 5.74) is 2.86. The van der Waals surface area contributed by atoms with E-state index < -0.39 is 0 Å². The molecule has 0 aromatic heterocycles. The van der Waals surface area contributed by atoms with E-state index in [-0.39, 0.29) is 17.9 Å². The number of rotatable bonds is 6. The molecule has 2 aromatic rings. The van der Waals surface area contributed by atoms with Crippen LogP contribution in [0.1, 0.15) is 41.0 Å². The number of nitrogens with zero attached hydrogens (tertiary/aromatic N) is 2. The first-order valence-corrected chi connectivity index (χ1v) is 10.2. The maximum atomic E-state index is 12.6. The molecule has 3 rings (SSSR count). The highest BCUT2D eigenvalue weighted by Gasteiger charge is 2.15. The van der Waals surface area contributed by atoms with E-state index in [1.807, 2.05) is 38.1 Å². The third kappa shape index (κ3) is 5.57. The number of anilines is 2. The molecular formula is C23H30N4O2. The van der Waals surface area contributed by atoms with Gasteiger partial charge in [0.2, 0.25) is 0 Å². The molecule has 0 bridgehead atoms. The van der Waals surface area contributed by atoms with E-state index in [0.29, 0.717) is 11.1 Å². The number of carbonyl (C=O) groups excluding carboxylic acids is 2. The van der Waals surface area contributed by atoms with Crippen LogP contribution in [0.2, 0.25) is 0 Å². The van der Waals surface area contributed by atoms with E-state index in [4.69, 9.17) is 0 Å². The Hall–Kier alpha value is -2.86. The predicted molar refractivity (Wildman–Crippen MR) is 118 cm³/mol. The number of hydrogen-bond acceptors (Lipinski definition) is 4. The van der Waals surface area contributed by atoms with Gasteiger partial charge < -0.3 is 20.4 Å². The van der Waals surface area contributed by atoms with Crippen LogP contribution in [0.15, 0.2) is 48.5 Å². The van der Waals surface area contributed by atoms with E-state index >= 15 is 0 Å². The normalized spacial score (nSPS) is 15.6. The Balaban J connectivity index is 1.63. The molecule has 1 unspecified atom stereocenters. The Bertz CT molecular complexity index is 842. The smallest absolute Gasteiger partial charge is 0.255 e. The highest BCUT2D eigenvalue weighted by Crippen LogP contribution is 2.20. The summed E-state index contributed by atoms with van der Waals surface area (Å²) in [6.07, 6.45) is 0.857. The first-order valence-electron chi connectivity index (χ1n) is 10.2. The number of hydrogen-bond donors (Lipinski definition) is 2. The summed E-state index contributed by atoms with van der Waals surface area (Å²) in [5, 5.41) is 5.84. The second-order valence-electron chi connectivity index (χ2n) is 7.65. The first kappa shape index (κ1) is 20.9. The van der Waals surface area contributed by atoms with Gasteiger partial charge in [-0.1, -0.05) is 13.0 Å². The van der Waals surface area contributed by atoms with Crippen LogP contribution in [0, 0.1) is 0 Å². The Morgan fingerprint density at radius 3 is 2.21 bits per heavy atom. The number of benzene rings is 2. The van der Waals surface area contributed by atoms with Crippen LogP contribution in [-0.4, -0.2) is 56.0 Å². The minimum absolute atomic E-state index is 0.0961. The van der Waals surface area contributed by atoms with E-state index in [1.165, 1.54) is 5.69 Å². The fraction of sp³-hybridized carbons (Fsp3) is 0.391. The zero-order valence-corrected chi connectivity index (χ0v) is 17.4. The van der Waals surface area contributed by atoms with Crippen molar-refractivity contribution >= 4 is 23.2 Å². The quantitative estimate of drug-likeness (QED) is 0.790. The Morgan fingerprint density at radius 1 is 0.966 bits per heavy atom. The molecule has 29 heavy (non-hydrogen) atoms. The van der Waals surface area contributed by atoms with Crippen molar-refractivity contribution in [1.82, 2.24) is 10.2 Å². The highest BCUT2D eigenvalue weighted by molar-refractivity contribution is 6.06. The molecule has 1 fully saturated rings. The minimum Gasteiger partial charge on any atom is -0.369 e. The third-order valence-corrected chi connectivity index (χ3v) is 5.37. The molecule has 2 aromatic carbocycles. The van der Waals surface area contributed by atoms with Crippen molar-refractivity contribution in [2.24, 2.45) is 0 Å². The number of piperazine rings is 1. The summed E-state index contributed by atoms with van der Waals surface area (Å²) >= 11 is 0. The van der Waals surface area contributed by atoms with E-state index in [2.05, 4.69) is 27.5 Å². The molecule has 1 atom stereocenters. The second kappa shape index (κ2) is 9.56. The highest BCUT2D eigenvalue weighted by atomic mass is 16.2. The van der Waals surface area contributed by atoms with Crippen LogP contribution in [0.3, 0.4) is 0 Å². The van der Waals surface area contributed by atoms with Crippen molar-refractivity contribution in [3.63, 3.8) is 0 Å². The molecule has 6 nitrogen and oxygen atoms in total. The topological polar surface area (TPSA) is 64.7 Å². The molecule has 1 aliphatic rings. The lowest BCUT2D eigenvalue weighted by Crippen LogP contribution is -2.44. The predicted octanol–water partition coefficient (Wildman–Crippen LogP) is 3.22. The second-order valence-corrected chi connectivity index (χ2v) is 7.65. The number of likely N-dealkylation sites (N-methyl/N-ethyl adjacent to an activating group) is 1. The third-order valence-electron chi connectivity index (χ3n) is 5.37.